The van der Waals surface area contributed by atoms with Gasteiger partial charge in [0, 0.05) is 18.6 Å². The molecule has 21 heavy (non-hydrogen) atoms. The maximum Gasteiger partial charge on any atom is 0.304 e. The van der Waals surface area contributed by atoms with Gasteiger partial charge in [0.05, 0.1) is 6.42 Å². The van der Waals surface area contributed by atoms with Gasteiger partial charge in [-0.2, -0.15) is 0 Å². The van der Waals surface area contributed by atoms with E-state index in [1.165, 1.54) is 16.3 Å². The monoisotopic (exact) mass is 285 g/mol. The summed E-state index contributed by atoms with van der Waals surface area (Å²) in [6.45, 7) is 6.94. The van der Waals surface area contributed by atoms with Gasteiger partial charge in [0.15, 0.2) is 0 Å². The second-order valence-corrected chi connectivity index (χ2v) is 5.76. The van der Waals surface area contributed by atoms with Gasteiger partial charge in [-0.1, -0.05) is 36.4 Å². The van der Waals surface area contributed by atoms with Crippen molar-refractivity contribution in [2.45, 2.75) is 39.3 Å². The number of carboxylic acids is 1. The van der Waals surface area contributed by atoms with Crippen LogP contribution >= 0.6 is 0 Å². The lowest BCUT2D eigenvalue weighted by atomic mass is 10.0. The zero-order valence-corrected chi connectivity index (χ0v) is 12.9. The van der Waals surface area contributed by atoms with E-state index >= 15 is 0 Å². The smallest absolute Gasteiger partial charge is 0.304 e. The summed E-state index contributed by atoms with van der Waals surface area (Å²) in [5.41, 5.74) is 1.23. The van der Waals surface area contributed by atoms with Gasteiger partial charge in [-0.15, -0.1) is 0 Å². The van der Waals surface area contributed by atoms with Gasteiger partial charge < -0.3 is 5.11 Å². The zero-order valence-electron chi connectivity index (χ0n) is 12.9. The van der Waals surface area contributed by atoms with Crippen LogP contribution in [0.4, 0.5) is 0 Å². The molecular formula is C18H23NO2. The molecule has 1 N–H and O–H groups in total. The Hall–Kier alpha value is -1.87. The maximum atomic E-state index is 10.8. The second kappa shape index (κ2) is 6.72. The van der Waals surface area contributed by atoms with Crippen LogP contribution in [0.2, 0.25) is 0 Å². The van der Waals surface area contributed by atoms with Crippen LogP contribution in [0.3, 0.4) is 0 Å². The van der Waals surface area contributed by atoms with Gasteiger partial charge >= 0.3 is 5.97 Å². The Kier molecular flexibility index (Phi) is 4.97. The van der Waals surface area contributed by atoms with Crippen molar-refractivity contribution in [1.82, 2.24) is 4.90 Å². The van der Waals surface area contributed by atoms with Crippen molar-refractivity contribution >= 4 is 16.7 Å². The highest BCUT2D eigenvalue weighted by Gasteiger charge is 2.19. The molecule has 0 aliphatic rings. The zero-order chi connectivity index (χ0) is 15.4. The summed E-state index contributed by atoms with van der Waals surface area (Å²) in [4.78, 5) is 13.1. The first-order valence-electron chi connectivity index (χ1n) is 7.45. The molecule has 0 spiro atoms. The lowest BCUT2D eigenvalue weighted by Gasteiger charge is -2.32. The van der Waals surface area contributed by atoms with Crippen molar-refractivity contribution in [2.75, 3.05) is 6.54 Å². The first-order valence-corrected chi connectivity index (χ1v) is 7.45. The summed E-state index contributed by atoms with van der Waals surface area (Å²) in [6, 6.07) is 15.3. The van der Waals surface area contributed by atoms with Crippen molar-refractivity contribution in [3.05, 3.63) is 48.0 Å². The fraction of sp³-hybridized carbons (Fsp3) is 0.389. The minimum Gasteiger partial charge on any atom is -0.481 e. The van der Waals surface area contributed by atoms with Gasteiger partial charge in [-0.25, -0.2) is 0 Å². The highest BCUT2D eigenvalue weighted by molar-refractivity contribution is 5.83. The van der Waals surface area contributed by atoms with Crippen molar-refractivity contribution in [2.24, 2.45) is 0 Å². The molecule has 1 unspecified atom stereocenters. The Labute approximate surface area is 126 Å². The molecule has 3 nitrogen and oxygen atoms in total. The molecule has 0 aliphatic heterocycles. The van der Waals surface area contributed by atoms with E-state index in [2.05, 4.69) is 56.0 Å². The minimum absolute atomic E-state index is 0.177. The third-order valence-electron chi connectivity index (χ3n) is 4.00. The van der Waals surface area contributed by atoms with Crippen molar-refractivity contribution in [1.29, 1.82) is 0 Å². The van der Waals surface area contributed by atoms with Crippen LogP contribution in [0, 0.1) is 0 Å². The third-order valence-corrected chi connectivity index (χ3v) is 4.00. The Morgan fingerprint density at radius 1 is 1.10 bits per heavy atom. The molecule has 2 aromatic carbocycles. The first-order chi connectivity index (χ1) is 9.99. The van der Waals surface area contributed by atoms with Crippen molar-refractivity contribution in [3.8, 4) is 0 Å². The molecule has 1 atom stereocenters. The number of aliphatic carboxylic acids is 1. The number of benzene rings is 2. The number of fused-ring (bicyclic) bond motifs is 1. The molecule has 0 aromatic heterocycles. The third kappa shape index (κ3) is 3.82. The molecule has 0 saturated heterocycles. The molecule has 112 valence electrons. The number of rotatable bonds is 6. The minimum atomic E-state index is -0.744. The molecule has 0 saturated carbocycles. The van der Waals surface area contributed by atoms with E-state index in [0.717, 1.165) is 0 Å². The standard InChI is InChI=1S/C18H23NO2/c1-13(2)19(11-10-18(20)21)14(3)16-9-8-15-6-4-5-7-17(15)12-16/h4-9,12-14H,10-11H2,1-3H3,(H,20,21). The lowest BCUT2D eigenvalue weighted by molar-refractivity contribution is -0.137. The van der Waals surface area contributed by atoms with Crippen molar-refractivity contribution in [3.63, 3.8) is 0 Å². The van der Waals surface area contributed by atoms with Crippen molar-refractivity contribution < 1.29 is 9.90 Å². The molecule has 0 amide bonds. The largest absolute Gasteiger partial charge is 0.481 e. The normalized spacial score (nSPS) is 13.0. The number of nitrogens with zero attached hydrogens (tertiary/aromatic N) is 1. The van der Waals surface area contributed by atoms with Gasteiger partial charge in [0.2, 0.25) is 0 Å². The summed E-state index contributed by atoms with van der Waals surface area (Å²) in [5, 5.41) is 11.4. The summed E-state index contributed by atoms with van der Waals surface area (Å²) >= 11 is 0. The van der Waals surface area contributed by atoms with Crippen LogP contribution in [0.1, 0.15) is 38.8 Å². The van der Waals surface area contributed by atoms with Gasteiger partial charge in [0.25, 0.3) is 0 Å². The van der Waals surface area contributed by atoms with E-state index in [9.17, 15) is 4.79 Å². The van der Waals surface area contributed by atoms with Gasteiger partial charge in [0.1, 0.15) is 0 Å². The molecule has 0 radical (unpaired) electrons. The fourth-order valence-electron chi connectivity index (χ4n) is 2.78. The fourth-order valence-corrected chi connectivity index (χ4v) is 2.78. The average Bonchev–Trinajstić information content (AvgIpc) is 2.46. The number of hydrogen-bond donors (Lipinski definition) is 1. The van der Waals surface area contributed by atoms with E-state index in [1.807, 2.05) is 12.1 Å². The molecule has 0 bridgehead atoms. The topological polar surface area (TPSA) is 40.5 Å². The van der Waals surface area contributed by atoms with E-state index in [4.69, 9.17) is 5.11 Å². The molecule has 0 fully saturated rings. The second-order valence-electron chi connectivity index (χ2n) is 5.76. The summed E-state index contributed by atoms with van der Waals surface area (Å²) in [5.74, 6) is -0.744. The maximum absolute atomic E-state index is 10.8. The Bertz CT molecular complexity index is 621. The lowest BCUT2D eigenvalue weighted by Crippen LogP contribution is -2.35. The van der Waals surface area contributed by atoms with E-state index in [0.29, 0.717) is 12.6 Å². The van der Waals surface area contributed by atoms with Crippen LogP contribution in [0.15, 0.2) is 42.5 Å². The van der Waals surface area contributed by atoms with Crippen LogP contribution in [-0.4, -0.2) is 28.6 Å². The van der Waals surface area contributed by atoms with E-state index < -0.39 is 5.97 Å². The summed E-state index contributed by atoms with van der Waals surface area (Å²) in [7, 11) is 0. The Morgan fingerprint density at radius 3 is 2.38 bits per heavy atom. The van der Waals surface area contributed by atoms with E-state index in [-0.39, 0.29) is 12.5 Å². The highest BCUT2D eigenvalue weighted by Crippen LogP contribution is 2.26. The van der Waals surface area contributed by atoms with E-state index in [1.54, 1.807) is 0 Å². The summed E-state index contributed by atoms with van der Waals surface area (Å²) in [6.07, 6.45) is 0.177. The molecule has 2 aromatic rings. The Balaban J connectivity index is 2.24. The predicted octanol–water partition coefficient (Wildman–Crippen LogP) is 4.09. The van der Waals surface area contributed by atoms with Crippen LogP contribution in [-0.2, 0) is 4.79 Å². The molecular weight excluding hydrogens is 262 g/mol. The number of carbonyl (C=O) groups is 1. The predicted molar refractivity (Wildman–Crippen MR) is 86.5 cm³/mol. The van der Waals surface area contributed by atoms with Crippen LogP contribution < -0.4 is 0 Å². The summed E-state index contributed by atoms with van der Waals surface area (Å²) < 4.78 is 0. The molecule has 3 heteroatoms. The first kappa shape index (κ1) is 15.5. The average molecular weight is 285 g/mol. The SMILES string of the molecule is CC(C)N(CCC(=O)O)C(C)c1ccc2ccccc2c1. The number of hydrogen-bond acceptors (Lipinski definition) is 2. The Morgan fingerprint density at radius 2 is 1.76 bits per heavy atom. The quantitative estimate of drug-likeness (QED) is 0.869. The van der Waals surface area contributed by atoms with Gasteiger partial charge in [-0.05, 0) is 43.2 Å². The van der Waals surface area contributed by atoms with Crippen LogP contribution in [0.25, 0.3) is 10.8 Å². The van der Waals surface area contributed by atoms with Crippen LogP contribution in [0.5, 0.6) is 0 Å². The molecule has 0 heterocycles. The number of carboxylic acid groups (broad SMARTS) is 1. The van der Waals surface area contributed by atoms with Gasteiger partial charge in [-0.3, -0.25) is 9.69 Å². The highest BCUT2D eigenvalue weighted by atomic mass is 16.4. The molecule has 2 rings (SSSR count). The molecule has 0 aliphatic carbocycles.